The maximum absolute atomic E-state index is 5.85. The first-order chi connectivity index (χ1) is 9.40. The number of hydrogen-bond acceptors (Lipinski definition) is 2. The zero-order valence-corrected chi connectivity index (χ0v) is 11.3. The molecule has 98 valence electrons. The summed E-state index contributed by atoms with van der Waals surface area (Å²) in [5, 5.41) is 3.30. The highest BCUT2D eigenvalue weighted by molar-refractivity contribution is 6.18. The highest BCUT2D eigenvalue weighted by Crippen LogP contribution is 2.28. The highest BCUT2D eigenvalue weighted by atomic mass is 35.5. The van der Waals surface area contributed by atoms with Crippen molar-refractivity contribution in [3.63, 3.8) is 0 Å². The fraction of sp³-hybridized carbons (Fsp3) is 0.125. The Hall–Kier alpha value is -1.93. The molecule has 19 heavy (non-hydrogen) atoms. The zero-order chi connectivity index (χ0) is 13.3. The molecule has 0 radical (unpaired) electrons. The van der Waals surface area contributed by atoms with Crippen molar-refractivity contribution in [2.45, 2.75) is 0 Å². The second-order valence-corrected chi connectivity index (χ2v) is 4.23. The highest BCUT2D eigenvalue weighted by Gasteiger charge is 2.02. The van der Waals surface area contributed by atoms with Gasteiger partial charge in [-0.1, -0.05) is 42.5 Å². The van der Waals surface area contributed by atoms with Gasteiger partial charge in [0.05, 0.1) is 5.69 Å². The number of rotatable bonds is 6. The summed E-state index contributed by atoms with van der Waals surface area (Å²) < 4.78 is 5.85. The Morgan fingerprint density at radius 1 is 0.947 bits per heavy atom. The average molecular weight is 274 g/mol. The molecule has 0 aliphatic heterocycles. The van der Waals surface area contributed by atoms with Crippen LogP contribution in [0.5, 0.6) is 11.5 Å². The van der Waals surface area contributed by atoms with Crippen molar-refractivity contribution in [1.29, 1.82) is 0 Å². The quantitative estimate of drug-likeness (QED) is 0.609. The van der Waals surface area contributed by atoms with E-state index in [9.17, 15) is 0 Å². The molecule has 2 rings (SSSR count). The van der Waals surface area contributed by atoms with E-state index in [1.54, 1.807) is 0 Å². The van der Waals surface area contributed by atoms with Gasteiger partial charge in [0.2, 0.25) is 0 Å². The van der Waals surface area contributed by atoms with Crippen LogP contribution in [0.3, 0.4) is 0 Å². The minimum Gasteiger partial charge on any atom is -0.455 e. The normalized spacial score (nSPS) is 10.6. The first-order valence-electron chi connectivity index (χ1n) is 6.17. The number of benzene rings is 2. The minimum atomic E-state index is 0.532. The number of halogens is 1. The Kier molecular flexibility index (Phi) is 5.32. The van der Waals surface area contributed by atoms with E-state index in [-0.39, 0.29) is 0 Å². The van der Waals surface area contributed by atoms with E-state index in [0.717, 1.165) is 23.7 Å². The lowest BCUT2D eigenvalue weighted by molar-refractivity contribution is 0.484. The Bertz CT molecular complexity index is 525. The molecular formula is C16H16ClNO. The molecule has 0 atom stereocenters. The summed E-state index contributed by atoms with van der Waals surface area (Å²) in [5.74, 6) is 2.17. The van der Waals surface area contributed by atoms with Crippen molar-refractivity contribution in [3.8, 4) is 11.5 Å². The molecule has 0 bridgehead atoms. The van der Waals surface area contributed by atoms with Gasteiger partial charge in [0.15, 0.2) is 5.75 Å². The topological polar surface area (TPSA) is 21.3 Å². The number of alkyl halides is 1. The fourth-order valence-corrected chi connectivity index (χ4v) is 1.76. The van der Waals surface area contributed by atoms with Gasteiger partial charge in [-0.2, -0.15) is 0 Å². The van der Waals surface area contributed by atoms with Crippen molar-refractivity contribution in [3.05, 3.63) is 66.7 Å². The molecule has 0 saturated carbocycles. The van der Waals surface area contributed by atoms with E-state index in [1.165, 1.54) is 0 Å². The minimum absolute atomic E-state index is 0.532. The maximum Gasteiger partial charge on any atom is 0.150 e. The summed E-state index contributed by atoms with van der Waals surface area (Å²) in [5.41, 5.74) is 0.963. The molecule has 3 heteroatoms. The van der Waals surface area contributed by atoms with E-state index in [2.05, 4.69) is 5.32 Å². The van der Waals surface area contributed by atoms with E-state index < -0.39 is 0 Å². The van der Waals surface area contributed by atoms with Gasteiger partial charge in [0, 0.05) is 12.4 Å². The number of para-hydroxylation sites is 3. The lowest BCUT2D eigenvalue weighted by Crippen LogP contribution is -2.00. The van der Waals surface area contributed by atoms with E-state index >= 15 is 0 Å². The molecule has 0 aliphatic carbocycles. The summed E-state index contributed by atoms with van der Waals surface area (Å²) >= 11 is 5.58. The van der Waals surface area contributed by atoms with Crippen molar-refractivity contribution < 1.29 is 4.74 Å². The monoisotopic (exact) mass is 273 g/mol. The molecular weight excluding hydrogens is 258 g/mol. The Morgan fingerprint density at radius 3 is 2.47 bits per heavy atom. The SMILES string of the molecule is ClC/C=C/CNc1ccccc1Oc1ccccc1. The predicted molar refractivity (Wildman–Crippen MR) is 81.3 cm³/mol. The summed E-state index contributed by atoms with van der Waals surface area (Å²) in [7, 11) is 0. The second kappa shape index (κ2) is 7.49. The van der Waals surface area contributed by atoms with Gasteiger partial charge in [-0.15, -0.1) is 11.6 Å². The summed E-state index contributed by atoms with van der Waals surface area (Å²) in [6, 6.07) is 17.6. The molecule has 0 unspecified atom stereocenters. The molecule has 1 N–H and O–H groups in total. The molecule has 0 amide bonds. The second-order valence-electron chi connectivity index (χ2n) is 3.92. The molecule has 0 aliphatic rings. The van der Waals surface area contributed by atoms with Crippen LogP contribution in [0, 0.1) is 0 Å². The van der Waals surface area contributed by atoms with Gasteiger partial charge in [-0.3, -0.25) is 0 Å². The van der Waals surface area contributed by atoms with Crippen LogP contribution in [-0.2, 0) is 0 Å². The molecule has 2 aromatic rings. The van der Waals surface area contributed by atoms with Gasteiger partial charge >= 0.3 is 0 Å². The third-order valence-electron chi connectivity index (χ3n) is 2.52. The van der Waals surface area contributed by atoms with Gasteiger partial charge in [0.25, 0.3) is 0 Å². The van der Waals surface area contributed by atoms with E-state index in [1.807, 2.05) is 66.7 Å². The van der Waals surface area contributed by atoms with Crippen LogP contribution in [-0.4, -0.2) is 12.4 Å². The van der Waals surface area contributed by atoms with Gasteiger partial charge in [-0.05, 0) is 24.3 Å². The zero-order valence-electron chi connectivity index (χ0n) is 10.6. The van der Waals surface area contributed by atoms with Crippen LogP contribution >= 0.6 is 11.6 Å². The summed E-state index contributed by atoms with van der Waals surface area (Å²) in [6.45, 7) is 0.724. The smallest absolute Gasteiger partial charge is 0.150 e. The number of ether oxygens (including phenoxy) is 1. The van der Waals surface area contributed by atoms with Crippen molar-refractivity contribution in [2.24, 2.45) is 0 Å². The van der Waals surface area contributed by atoms with Crippen LogP contribution in [0.4, 0.5) is 5.69 Å². The fourth-order valence-electron chi connectivity index (χ4n) is 1.63. The third-order valence-corrected chi connectivity index (χ3v) is 2.70. The van der Waals surface area contributed by atoms with Crippen LogP contribution in [0.15, 0.2) is 66.7 Å². The van der Waals surface area contributed by atoms with Crippen LogP contribution < -0.4 is 10.1 Å². The Morgan fingerprint density at radius 2 is 1.68 bits per heavy atom. The first kappa shape index (κ1) is 13.5. The van der Waals surface area contributed by atoms with Crippen LogP contribution in [0.25, 0.3) is 0 Å². The largest absolute Gasteiger partial charge is 0.455 e. The van der Waals surface area contributed by atoms with Crippen molar-refractivity contribution in [1.82, 2.24) is 0 Å². The van der Waals surface area contributed by atoms with Crippen LogP contribution in [0.1, 0.15) is 0 Å². The van der Waals surface area contributed by atoms with E-state index in [0.29, 0.717) is 5.88 Å². The molecule has 0 heterocycles. The Labute approximate surface area is 118 Å². The number of allylic oxidation sites excluding steroid dienone is 1. The molecule has 0 aromatic heterocycles. The lowest BCUT2D eigenvalue weighted by Gasteiger charge is -2.11. The third kappa shape index (κ3) is 4.34. The standard InChI is InChI=1S/C16H16ClNO/c17-12-6-7-13-18-15-10-4-5-11-16(15)19-14-8-2-1-3-9-14/h1-11,18H,12-13H2/b7-6+. The lowest BCUT2D eigenvalue weighted by atomic mass is 10.3. The van der Waals surface area contributed by atoms with Gasteiger partial charge in [-0.25, -0.2) is 0 Å². The van der Waals surface area contributed by atoms with Gasteiger partial charge in [0.1, 0.15) is 5.75 Å². The number of nitrogens with one attached hydrogen (secondary N) is 1. The molecule has 0 spiro atoms. The van der Waals surface area contributed by atoms with Crippen LogP contribution in [0.2, 0.25) is 0 Å². The Balaban J connectivity index is 2.06. The molecule has 2 aromatic carbocycles. The summed E-state index contributed by atoms with van der Waals surface area (Å²) in [6.07, 6.45) is 3.90. The molecule has 0 saturated heterocycles. The number of hydrogen-bond donors (Lipinski definition) is 1. The first-order valence-corrected chi connectivity index (χ1v) is 6.70. The van der Waals surface area contributed by atoms with Crippen molar-refractivity contribution >= 4 is 17.3 Å². The average Bonchev–Trinajstić information content (AvgIpc) is 2.46. The van der Waals surface area contributed by atoms with Crippen molar-refractivity contribution in [2.75, 3.05) is 17.7 Å². The number of anilines is 1. The predicted octanol–water partition coefficient (Wildman–Crippen LogP) is 4.69. The maximum atomic E-state index is 5.85. The molecule has 2 nitrogen and oxygen atoms in total. The van der Waals surface area contributed by atoms with Gasteiger partial charge < -0.3 is 10.1 Å². The molecule has 0 fully saturated rings. The van der Waals surface area contributed by atoms with E-state index in [4.69, 9.17) is 16.3 Å². The summed E-state index contributed by atoms with van der Waals surface area (Å²) in [4.78, 5) is 0.